The summed E-state index contributed by atoms with van der Waals surface area (Å²) < 4.78 is 5.34. The third kappa shape index (κ3) is 4.31. The summed E-state index contributed by atoms with van der Waals surface area (Å²) in [4.78, 5) is 7.67. The zero-order valence-electron chi connectivity index (χ0n) is 9.44. The topological polar surface area (TPSA) is 93.3 Å². The van der Waals surface area contributed by atoms with Gasteiger partial charge in [-0.15, -0.1) is 0 Å². The van der Waals surface area contributed by atoms with Gasteiger partial charge in [0.05, 0.1) is 12.8 Å². The fourth-order valence-electron chi connectivity index (χ4n) is 1.05. The van der Waals surface area contributed by atoms with E-state index in [1.54, 1.807) is 0 Å². The predicted octanol–water partition coefficient (Wildman–Crippen LogP) is 0.993. The highest BCUT2D eigenvalue weighted by Gasteiger charge is 2.01. The summed E-state index contributed by atoms with van der Waals surface area (Å²) in [6.07, 6.45) is 3.56. The van der Waals surface area contributed by atoms with Gasteiger partial charge < -0.3 is 20.9 Å². The summed E-state index contributed by atoms with van der Waals surface area (Å²) in [7, 11) is 0. The summed E-state index contributed by atoms with van der Waals surface area (Å²) >= 11 is 0. The highest BCUT2D eigenvalue weighted by atomic mass is 16.5. The molecule has 0 radical (unpaired) electrons. The number of hydrogen-bond donors (Lipinski definition) is 3. The Morgan fingerprint density at radius 1 is 1.50 bits per heavy atom. The summed E-state index contributed by atoms with van der Waals surface area (Å²) in [6.45, 7) is 4.08. The van der Waals surface area contributed by atoms with Gasteiger partial charge in [0.1, 0.15) is 5.69 Å². The third-order valence-corrected chi connectivity index (χ3v) is 1.97. The van der Waals surface area contributed by atoms with Crippen LogP contribution in [0.25, 0.3) is 0 Å². The zero-order valence-corrected chi connectivity index (χ0v) is 9.44. The molecule has 0 aromatic carbocycles. The van der Waals surface area contributed by atoms with Crippen LogP contribution in [-0.4, -0.2) is 34.8 Å². The highest BCUT2D eigenvalue weighted by Crippen LogP contribution is 2.15. The molecule has 0 aliphatic carbocycles. The number of aromatic nitrogens is 2. The number of ether oxygens (including phenoxy) is 1. The molecule has 1 aromatic rings. The van der Waals surface area contributed by atoms with Gasteiger partial charge in [0.25, 0.3) is 0 Å². The van der Waals surface area contributed by atoms with Crippen LogP contribution in [0.2, 0.25) is 0 Å². The van der Waals surface area contributed by atoms with Crippen LogP contribution >= 0.6 is 0 Å². The lowest BCUT2D eigenvalue weighted by atomic mass is 10.4. The largest absolute Gasteiger partial charge is 0.492 e. The lowest BCUT2D eigenvalue weighted by molar-refractivity contribution is 0.141. The molecular weight excluding hydrogens is 208 g/mol. The van der Waals surface area contributed by atoms with E-state index >= 15 is 0 Å². The van der Waals surface area contributed by atoms with Gasteiger partial charge >= 0.3 is 0 Å². The second-order valence-corrected chi connectivity index (χ2v) is 3.37. The average Bonchev–Trinajstić information content (AvgIpc) is 2.28. The van der Waals surface area contributed by atoms with E-state index in [0.29, 0.717) is 19.1 Å². The number of aromatic hydroxyl groups is 1. The first-order valence-corrected chi connectivity index (χ1v) is 5.37. The number of nitrogen functional groups attached to an aromatic ring is 1. The molecule has 1 rings (SSSR count). The minimum absolute atomic E-state index is 0.171. The first-order valence-electron chi connectivity index (χ1n) is 5.37. The van der Waals surface area contributed by atoms with Crippen LogP contribution in [0.3, 0.4) is 0 Å². The molecule has 90 valence electrons. The second kappa shape index (κ2) is 6.84. The van der Waals surface area contributed by atoms with Crippen LogP contribution in [0.4, 0.5) is 11.6 Å². The van der Waals surface area contributed by atoms with Crippen molar-refractivity contribution in [3.05, 3.63) is 6.20 Å². The Kier molecular flexibility index (Phi) is 5.35. The maximum atomic E-state index is 9.23. The first-order chi connectivity index (χ1) is 7.74. The van der Waals surface area contributed by atoms with Crippen molar-refractivity contribution in [2.24, 2.45) is 0 Å². The Hall–Kier alpha value is -1.56. The van der Waals surface area contributed by atoms with Gasteiger partial charge in [0.2, 0.25) is 11.8 Å². The van der Waals surface area contributed by atoms with Crippen molar-refractivity contribution >= 4 is 11.6 Å². The molecule has 1 heterocycles. The Morgan fingerprint density at radius 2 is 2.31 bits per heavy atom. The second-order valence-electron chi connectivity index (χ2n) is 3.37. The van der Waals surface area contributed by atoms with Crippen LogP contribution in [0, 0.1) is 0 Å². The fourth-order valence-corrected chi connectivity index (χ4v) is 1.05. The van der Waals surface area contributed by atoms with Gasteiger partial charge in [-0.3, -0.25) is 0 Å². The summed E-state index contributed by atoms with van der Waals surface area (Å²) in [5.41, 5.74) is 5.54. The normalized spacial score (nSPS) is 10.3. The Morgan fingerprint density at radius 3 is 3.00 bits per heavy atom. The maximum absolute atomic E-state index is 9.23. The highest BCUT2D eigenvalue weighted by molar-refractivity contribution is 5.47. The number of nitrogens with one attached hydrogen (secondary N) is 1. The number of hydrogen-bond acceptors (Lipinski definition) is 6. The smallest absolute Gasteiger partial charge is 0.239 e. The van der Waals surface area contributed by atoms with E-state index in [2.05, 4.69) is 22.2 Å². The van der Waals surface area contributed by atoms with E-state index in [4.69, 9.17) is 10.5 Å². The van der Waals surface area contributed by atoms with E-state index in [1.165, 1.54) is 6.20 Å². The molecule has 0 saturated heterocycles. The van der Waals surface area contributed by atoms with Crippen LogP contribution in [0.15, 0.2) is 6.20 Å². The predicted molar refractivity (Wildman–Crippen MR) is 62.3 cm³/mol. The number of nitrogens with two attached hydrogens (primary N) is 1. The van der Waals surface area contributed by atoms with E-state index < -0.39 is 0 Å². The standard InChI is InChI=1S/C10H18N4O2/c1-2-3-5-16-6-4-12-10-13-7-8(11)9(15)14-10/h7H,2-6,11H2,1H3,(H2,12,13,14,15). The maximum Gasteiger partial charge on any atom is 0.239 e. The quantitative estimate of drug-likeness (QED) is 0.600. The van der Waals surface area contributed by atoms with Gasteiger partial charge in [-0.1, -0.05) is 13.3 Å². The van der Waals surface area contributed by atoms with Gasteiger partial charge in [0, 0.05) is 13.2 Å². The number of unbranched alkanes of at least 4 members (excludes halogenated alkanes) is 1. The zero-order chi connectivity index (χ0) is 11.8. The van der Waals surface area contributed by atoms with Crippen molar-refractivity contribution in [2.75, 3.05) is 30.8 Å². The Bertz CT molecular complexity index is 320. The van der Waals surface area contributed by atoms with Crippen molar-refractivity contribution in [3.8, 4) is 5.88 Å². The molecule has 0 amide bonds. The molecule has 1 aromatic heterocycles. The molecule has 0 unspecified atom stereocenters. The third-order valence-electron chi connectivity index (χ3n) is 1.97. The van der Waals surface area contributed by atoms with Gasteiger partial charge in [-0.05, 0) is 6.42 Å². The monoisotopic (exact) mass is 226 g/mol. The van der Waals surface area contributed by atoms with Gasteiger partial charge in [-0.25, -0.2) is 4.98 Å². The molecule has 4 N–H and O–H groups in total. The Labute approximate surface area is 94.9 Å². The number of rotatable bonds is 7. The molecular formula is C10H18N4O2. The van der Waals surface area contributed by atoms with Gasteiger partial charge in [0.15, 0.2) is 0 Å². The van der Waals surface area contributed by atoms with E-state index in [1.807, 2.05) is 0 Å². The summed E-state index contributed by atoms with van der Waals surface area (Å²) in [5.74, 6) is 0.148. The molecule has 0 fully saturated rings. The fraction of sp³-hybridized carbons (Fsp3) is 0.600. The molecule has 16 heavy (non-hydrogen) atoms. The number of nitrogens with zero attached hydrogens (tertiary/aromatic N) is 2. The van der Waals surface area contributed by atoms with Crippen LogP contribution in [-0.2, 0) is 4.74 Å². The van der Waals surface area contributed by atoms with Crippen molar-refractivity contribution < 1.29 is 9.84 Å². The average molecular weight is 226 g/mol. The number of anilines is 2. The van der Waals surface area contributed by atoms with Crippen molar-refractivity contribution in [1.29, 1.82) is 0 Å². The first kappa shape index (κ1) is 12.5. The van der Waals surface area contributed by atoms with Crippen molar-refractivity contribution in [3.63, 3.8) is 0 Å². The molecule has 0 aliphatic heterocycles. The van der Waals surface area contributed by atoms with Crippen molar-refractivity contribution in [2.45, 2.75) is 19.8 Å². The molecule has 0 aliphatic rings. The van der Waals surface area contributed by atoms with Crippen LogP contribution in [0.1, 0.15) is 19.8 Å². The van der Waals surface area contributed by atoms with Crippen LogP contribution in [0.5, 0.6) is 5.88 Å². The molecule has 0 bridgehead atoms. The molecule has 6 nitrogen and oxygen atoms in total. The van der Waals surface area contributed by atoms with Crippen molar-refractivity contribution in [1.82, 2.24) is 9.97 Å². The van der Waals surface area contributed by atoms with Gasteiger partial charge in [-0.2, -0.15) is 4.98 Å². The van der Waals surface area contributed by atoms with E-state index in [0.717, 1.165) is 19.4 Å². The molecule has 0 saturated carbocycles. The molecule has 0 spiro atoms. The summed E-state index contributed by atoms with van der Waals surface area (Å²) in [5, 5.41) is 12.2. The molecule has 6 heteroatoms. The lowest BCUT2D eigenvalue weighted by Gasteiger charge is -2.06. The Balaban J connectivity index is 2.19. The minimum atomic E-state index is -0.204. The SMILES string of the molecule is CCCCOCCNc1ncc(N)c(O)n1. The van der Waals surface area contributed by atoms with E-state index in [9.17, 15) is 5.11 Å². The minimum Gasteiger partial charge on any atom is -0.492 e. The summed E-state index contributed by atoms with van der Waals surface area (Å²) in [6, 6.07) is 0. The van der Waals surface area contributed by atoms with Crippen LogP contribution < -0.4 is 11.1 Å². The molecule has 0 atom stereocenters. The lowest BCUT2D eigenvalue weighted by Crippen LogP contribution is -2.12. The van der Waals surface area contributed by atoms with E-state index in [-0.39, 0.29) is 11.6 Å².